The van der Waals surface area contributed by atoms with E-state index in [9.17, 15) is 9.90 Å². The monoisotopic (exact) mass is 750 g/mol. The summed E-state index contributed by atoms with van der Waals surface area (Å²) >= 11 is 0. The molecule has 223 valence electrons. The van der Waals surface area contributed by atoms with Gasteiger partial charge in [-0.2, -0.15) is 0 Å². The van der Waals surface area contributed by atoms with Crippen LogP contribution in [0.3, 0.4) is 0 Å². The molecule has 1 radical (unpaired) electrons. The minimum Gasteiger partial charge on any atom is -0.512 e. The van der Waals surface area contributed by atoms with Crippen LogP contribution in [-0.4, -0.2) is 29.7 Å². The molecule has 0 saturated heterocycles. The van der Waals surface area contributed by atoms with Crippen molar-refractivity contribution in [2.24, 2.45) is 11.8 Å². The summed E-state index contributed by atoms with van der Waals surface area (Å²) in [6.07, 6.45) is 6.75. The van der Waals surface area contributed by atoms with Crippen LogP contribution in [0.4, 0.5) is 0 Å². The van der Waals surface area contributed by atoms with Crippen molar-refractivity contribution in [3.05, 3.63) is 84.4 Å². The minimum atomic E-state index is 0. The summed E-state index contributed by atoms with van der Waals surface area (Å²) in [5.41, 5.74) is 6.28. The Hall–Kier alpha value is -3.80. The van der Waals surface area contributed by atoms with E-state index in [0.717, 1.165) is 59.1 Å². The number of aromatic nitrogens is 4. The van der Waals surface area contributed by atoms with Crippen LogP contribution in [0, 0.1) is 24.8 Å². The smallest absolute Gasteiger partial charge is 0.162 e. The Kier molecular flexibility index (Phi) is 8.86. The van der Waals surface area contributed by atoms with E-state index < -0.39 is 0 Å². The molecule has 3 aromatic carbocycles. The number of ketones is 1. The molecule has 4 aromatic heterocycles. The first-order chi connectivity index (χ1) is 20.4. The number of aliphatic hydroxyl groups excluding tert-OH is 1. The number of benzene rings is 3. The van der Waals surface area contributed by atoms with E-state index in [1.165, 1.54) is 33.3 Å². The van der Waals surface area contributed by atoms with Gasteiger partial charge in [-0.05, 0) is 55.6 Å². The van der Waals surface area contributed by atoms with E-state index in [1.807, 2.05) is 40.0 Å². The van der Waals surface area contributed by atoms with Gasteiger partial charge in [-0.3, -0.25) is 14.2 Å². The maximum absolute atomic E-state index is 11.7. The van der Waals surface area contributed by atoms with Crippen molar-refractivity contribution >= 4 is 60.7 Å². The zero-order valence-corrected chi connectivity index (χ0v) is 27.7. The predicted octanol–water partition coefficient (Wildman–Crippen LogP) is 9.01. The van der Waals surface area contributed by atoms with Crippen molar-refractivity contribution in [1.29, 1.82) is 0 Å². The molecular weight excluding hydrogens is 713 g/mol. The first kappa shape index (κ1) is 30.7. The summed E-state index contributed by atoms with van der Waals surface area (Å²) in [6, 6.07) is 22.7. The van der Waals surface area contributed by atoms with Crippen molar-refractivity contribution < 1.29 is 30.0 Å². The Morgan fingerprint density at radius 2 is 1.56 bits per heavy atom. The van der Waals surface area contributed by atoms with E-state index in [0.29, 0.717) is 0 Å². The van der Waals surface area contributed by atoms with E-state index in [-0.39, 0.29) is 43.5 Å². The number of hydrogen-bond donors (Lipinski definition) is 1. The van der Waals surface area contributed by atoms with Crippen molar-refractivity contribution in [3.63, 3.8) is 0 Å². The molecule has 0 spiro atoms. The minimum absolute atomic E-state index is 0. The summed E-state index contributed by atoms with van der Waals surface area (Å²) in [5, 5.41) is 15.7. The van der Waals surface area contributed by atoms with Gasteiger partial charge >= 0.3 is 0 Å². The molecule has 6 nitrogen and oxygen atoms in total. The number of nitrogens with zero attached hydrogens (tertiary/aromatic N) is 4. The Bertz CT molecular complexity index is 2100. The summed E-state index contributed by atoms with van der Waals surface area (Å²) in [7, 11) is 0. The number of allylic oxidation sites excluding steroid dienone is 2. The van der Waals surface area contributed by atoms with E-state index in [1.54, 1.807) is 0 Å². The van der Waals surface area contributed by atoms with Crippen LogP contribution in [0.5, 0.6) is 0 Å². The Morgan fingerprint density at radius 3 is 2.26 bits per heavy atom. The number of aliphatic hydroxyl groups is 1. The maximum Gasteiger partial charge on any atom is 0.162 e. The molecule has 0 aliphatic heterocycles. The summed E-state index contributed by atoms with van der Waals surface area (Å²) in [6.45, 7) is 10.1. The molecule has 0 atom stereocenters. The van der Waals surface area contributed by atoms with Crippen molar-refractivity contribution in [2.45, 2.75) is 60.3 Å². The molecule has 1 N–H and O–H groups in total. The fraction of sp³-hybridized carbons (Fsp3) is 0.306. The number of hydrogen-bond acceptors (Lipinski definition) is 4. The number of rotatable bonds is 7. The third-order valence-corrected chi connectivity index (χ3v) is 8.76. The standard InChI is InChI=1S/C23H13N4.C13H24O2.Ir/c1-13-23-26-18-9-5-4-8-16(18)20-15-7-3-2-6-14(15)12-17(21(20)26)22-24-11-10-19(25-13)27(22)23;1-5-10(6-2)12(14)9-13(15)11(7-3)8-4;/h2-11H,1H3;9-11,14H,5-8H2,1-4H3;/q-1;;/b;12-9-;. The summed E-state index contributed by atoms with van der Waals surface area (Å²) in [5.74, 6) is 0.547. The van der Waals surface area contributed by atoms with Crippen LogP contribution < -0.4 is 0 Å². The average molecular weight is 750 g/mol. The van der Waals surface area contributed by atoms with Gasteiger partial charge in [-0.1, -0.05) is 80.3 Å². The molecule has 0 unspecified atom stereocenters. The SMILES string of the molecule is CCC(CC)C(=O)/C=C(\O)C(CC)CC.Cc1nc2ccnc3c4[c-]c5ccccc5c5c6ccccc6n(c45)c1n23.[Ir]. The molecular formula is C36H37IrN4O2-. The van der Waals surface area contributed by atoms with Gasteiger partial charge in [0.25, 0.3) is 0 Å². The Morgan fingerprint density at radius 1 is 0.907 bits per heavy atom. The number of para-hydroxylation sites is 1. The molecule has 7 rings (SSSR count). The molecule has 7 aromatic rings. The van der Waals surface area contributed by atoms with Crippen LogP contribution >= 0.6 is 0 Å². The summed E-state index contributed by atoms with van der Waals surface area (Å²) in [4.78, 5) is 21.2. The van der Waals surface area contributed by atoms with Crippen molar-refractivity contribution in [2.75, 3.05) is 0 Å². The van der Waals surface area contributed by atoms with E-state index in [2.05, 4.69) is 70.3 Å². The van der Waals surface area contributed by atoms with Crippen LogP contribution in [0.2, 0.25) is 0 Å². The van der Waals surface area contributed by atoms with Gasteiger partial charge in [0.15, 0.2) is 5.78 Å². The molecule has 0 aliphatic carbocycles. The molecule has 7 heteroatoms. The maximum atomic E-state index is 11.7. The van der Waals surface area contributed by atoms with Crippen LogP contribution in [0.15, 0.2) is 72.6 Å². The quantitative estimate of drug-likeness (QED) is 0.0581. The second kappa shape index (κ2) is 12.4. The third-order valence-electron chi connectivity index (χ3n) is 8.76. The average Bonchev–Trinajstić information content (AvgIpc) is 3.53. The topological polar surface area (TPSA) is 71.9 Å². The molecule has 0 fully saturated rings. The van der Waals surface area contributed by atoms with Crippen molar-refractivity contribution in [3.8, 4) is 0 Å². The largest absolute Gasteiger partial charge is 0.512 e. The second-order valence-electron chi connectivity index (χ2n) is 11.1. The van der Waals surface area contributed by atoms with Gasteiger partial charge in [0.05, 0.1) is 17.1 Å². The first-order valence-electron chi connectivity index (χ1n) is 15.1. The van der Waals surface area contributed by atoms with Gasteiger partial charge in [-0.15, -0.1) is 17.5 Å². The molecule has 0 saturated carbocycles. The van der Waals surface area contributed by atoms with E-state index in [4.69, 9.17) is 9.97 Å². The Balaban J connectivity index is 0.000000201. The zero-order chi connectivity index (χ0) is 29.5. The number of aryl methyl sites for hydroxylation is 1. The van der Waals surface area contributed by atoms with Crippen LogP contribution in [0.25, 0.3) is 54.9 Å². The predicted molar refractivity (Wildman–Crippen MR) is 173 cm³/mol. The van der Waals surface area contributed by atoms with Gasteiger partial charge in [0.1, 0.15) is 11.3 Å². The summed E-state index contributed by atoms with van der Waals surface area (Å²) < 4.78 is 4.50. The fourth-order valence-corrected chi connectivity index (χ4v) is 6.45. The molecule has 0 aliphatic rings. The number of carbonyl (C=O) groups is 1. The van der Waals surface area contributed by atoms with E-state index >= 15 is 0 Å². The second-order valence-corrected chi connectivity index (χ2v) is 11.1. The van der Waals surface area contributed by atoms with Gasteiger partial charge in [0, 0.05) is 49.7 Å². The molecule has 43 heavy (non-hydrogen) atoms. The third kappa shape index (κ3) is 4.99. The number of fused-ring (bicyclic) bond motifs is 7. The van der Waals surface area contributed by atoms with Crippen LogP contribution in [-0.2, 0) is 24.9 Å². The number of carbonyl (C=O) groups excluding carboxylic acids is 1. The molecule has 0 amide bonds. The number of imidazole rings is 1. The van der Waals surface area contributed by atoms with Gasteiger partial charge in [-0.25, -0.2) is 4.98 Å². The van der Waals surface area contributed by atoms with Gasteiger partial charge in [0.2, 0.25) is 0 Å². The Labute approximate surface area is 265 Å². The fourth-order valence-electron chi connectivity index (χ4n) is 6.45. The van der Waals surface area contributed by atoms with Crippen LogP contribution in [0.1, 0.15) is 59.1 Å². The molecule has 0 bridgehead atoms. The zero-order valence-electron chi connectivity index (χ0n) is 25.3. The first-order valence-corrected chi connectivity index (χ1v) is 15.1. The normalized spacial score (nSPS) is 12.3. The van der Waals surface area contributed by atoms with Gasteiger partial charge < -0.3 is 9.51 Å². The van der Waals surface area contributed by atoms with Crippen molar-refractivity contribution in [1.82, 2.24) is 18.8 Å². The molecule has 4 heterocycles.